The molecule has 0 spiro atoms. The SMILES string of the molecule is COCCOc1cc2nccc(Oc3ccc4c(ccn4C(N)O)c3)c2cc1C#N. The number of aromatic nitrogens is 2. The Kier molecular flexibility index (Phi) is 5.50. The molecule has 0 aliphatic rings. The minimum absolute atomic E-state index is 0.337. The van der Waals surface area contributed by atoms with Crippen molar-refractivity contribution in [2.75, 3.05) is 20.3 Å². The molecule has 1 unspecified atom stereocenters. The summed E-state index contributed by atoms with van der Waals surface area (Å²) >= 11 is 0. The van der Waals surface area contributed by atoms with E-state index in [9.17, 15) is 10.4 Å². The molecule has 8 nitrogen and oxygen atoms in total. The van der Waals surface area contributed by atoms with Crippen molar-refractivity contribution < 1.29 is 19.3 Å². The molecule has 0 aliphatic heterocycles. The molecule has 4 rings (SSSR count). The Balaban J connectivity index is 1.69. The van der Waals surface area contributed by atoms with Gasteiger partial charge in [0.05, 0.1) is 23.2 Å². The molecule has 152 valence electrons. The fourth-order valence-electron chi connectivity index (χ4n) is 3.24. The summed E-state index contributed by atoms with van der Waals surface area (Å²) in [5.41, 5.74) is 7.40. The molecule has 8 heteroatoms. The highest BCUT2D eigenvalue weighted by atomic mass is 16.5. The molecule has 0 saturated heterocycles. The number of ether oxygens (including phenoxy) is 3. The van der Waals surface area contributed by atoms with Gasteiger partial charge in [-0.15, -0.1) is 0 Å². The van der Waals surface area contributed by atoms with Crippen molar-refractivity contribution in [1.29, 1.82) is 5.26 Å². The van der Waals surface area contributed by atoms with E-state index in [2.05, 4.69) is 11.1 Å². The average molecular weight is 404 g/mol. The van der Waals surface area contributed by atoms with Crippen LogP contribution in [0.25, 0.3) is 21.8 Å². The maximum absolute atomic E-state index is 9.63. The molecule has 30 heavy (non-hydrogen) atoms. The minimum atomic E-state index is -1.11. The fourth-order valence-corrected chi connectivity index (χ4v) is 3.24. The van der Waals surface area contributed by atoms with E-state index in [0.717, 1.165) is 10.9 Å². The van der Waals surface area contributed by atoms with Crippen LogP contribution in [-0.2, 0) is 4.74 Å². The second kappa shape index (κ2) is 8.39. The topological polar surface area (TPSA) is 116 Å². The van der Waals surface area contributed by atoms with Gasteiger partial charge in [-0.05, 0) is 36.4 Å². The number of aliphatic hydroxyl groups is 1. The number of benzene rings is 2. The van der Waals surface area contributed by atoms with Gasteiger partial charge in [0.1, 0.15) is 29.9 Å². The second-order valence-electron chi connectivity index (χ2n) is 6.59. The molecule has 0 bridgehead atoms. The summed E-state index contributed by atoms with van der Waals surface area (Å²) in [6.45, 7) is 0.759. The number of hydrogen-bond acceptors (Lipinski definition) is 7. The van der Waals surface area contributed by atoms with Crippen molar-refractivity contribution in [2.45, 2.75) is 6.35 Å². The number of rotatable bonds is 7. The number of aliphatic hydroxyl groups excluding tert-OH is 1. The van der Waals surface area contributed by atoms with Gasteiger partial charge in [-0.2, -0.15) is 5.26 Å². The van der Waals surface area contributed by atoms with Gasteiger partial charge in [0.25, 0.3) is 0 Å². The molecule has 0 saturated carbocycles. The van der Waals surface area contributed by atoms with Gasteiger partial charge in [0.15, 0.2) is 6.35 Å². The Morgan fingerprint density at radius 2 is 2.03 bits per heavy atom. The van der Waals surface area contributed by atoms with Crippen LogP contribution in [-0.4, -0.2) is 35.0 Å². The number of fused-ring (bicyclic) bond motifs is 2. The van der Waals surface area contributed by atoms with Crippen LogP contribution in [0.15, 0.2) is 54.9 Å². The van der Waals surface area contributed by atoms with E-state index in [1.54, 1.807) is 48.3 Å². The molecular formula is C22H20N4O4. The highest BCUT2D eigenvalue weighted by molar-refractivity contribution is 5.88. The van der Waals surface area contributed by atoms with E-state index in [-0.39, 0.29) is 0 Å². The number of nitriles is 1. The molecule has 0 fully saturated rings. The lowest BCUT2D eigenvalue weighted by Gasteiger charge is -2.12. The predicted molar refractivity (Wildman–Crippen MR) is 111 cm³/mol. The predicted octanol–water partition coefficient (Wildman–Crippen LogP) is 3.29. The zero-order valence-corrected chi connectivity index (χ0v) is 16.3. The van der Waals surface area contributed by atoms with Crippen LogP contribution < -0.4 is 15.2 Å². The molecule has 0 aliphatic carbocycles. The fraction of sp³-hybridized carbons (Fsp3) is 0.182. The van der Waals surface area contributed by atoms with Crippen molar-refractivity contribution in [2.24, 2.45) is 5.73 Å². The van der Waals surface area contributed by atoms with Gasteiger partial charge in [-0.3, -0.25) is 10.7 Å². The smallest absolute Gasteiger partial charge is 0.185 e. The molecule has 0 amide bonds. The van der Waals surface area contributed by atoms with E-state index in [4.69, 9.17) is 19.9 Å². The second-order valence-corrected chi connectivity index (χ2v) is 6.59. The van der Waals surface area contributed by atoms with Crippen molar-refractivity contribution in [1.82, 2.24) is 9.55 Å². The standard InChI is InChI=1S/C22H20N4O4/c1-28-8-9-29-21-12-18-17(11-15(21)13-23)20(4-6-25-18)30-16-2-3-19-14(10-16)5-7-26(19)22(24)27/h2-7,10-12,22,27H,8-9,24H2,1H3. The molecule has 2 aromatic heterocycles. The third-order valence-corrected chi connectivity index (χ3v) is 4.67. The molecule has 2 heterocycles. The van der Waals surface area contributed by atoms with Crippen molar-refractivity contribution in [3.8, 4) is 23.3 Å². The Morgan fingerprint density at radius 1 is 1.17 bits per heavy atom. The van der Waals surface area contributed by atoms with Gasteiger partial charge >= 0.3 is 0 Å². The number of pyridine rings is 1. The summed E-state index contributed by atoms with van der Waals surface area (Å²) in [5, 5.41) is 20.7. The summed E-state index contributed by atoms with van der Waals surface area (Å²) in [4.78, 5) is 4.37. The van der Waals surface area contributed by atoms with Crippen molar-refractivity contribution in [3.63, 3.8) is 0 Å². The monoisotopic (exact) mass is 404 g/mol. The molecule has 4 aromatic rings. The van der Waals surface area contributed by atoms with Gasteiger partial charge in [-0.1, -0.05) is 0 Å². The highest BCUT2D eigenvalue weighted by Crippen LogP contribution is 2.34. The zero-order chi connectivity index (χ0) is 21.1. The molecule has 1 atom stereocenters. The number of methoxy groups -OCH3 is 1. The summed E-state index contributed by atoms with van der Waals surface area (Å²) in [7, 11) is 1.59. The molecule has 3 N–H and O–H groups in total. The first-order valence-electron chi connectivity index (χ1n) is 9.27. The van der Waals surface area contributed by atoms with Crippen LogP contribution in [0.4, 0.5) is 0 Å². The van der Waals surface area contributed by atoms with E-state index in [1.807, 2.05) is 18.2 Å². The number of nitrogens with zero attached hydrogens (tertiary/aromatic N) is 3. The van der Waals surface area contributed by atoms with Gasteiger partial charge in [0, 0.05) is 36.3 Å². The zero-order valence-electron chi connectivity index (χ0n) is 16.3. The Labute approximate surface area is 172 Å². The Bertz CT molecular complexity index is 1240. The van der Waals surface area contributed by atoms with E-state index in [0.29, 0.717) is 46.9 Å². The summed E-state index contributed by atoms with van der Waals surface area (Å²) < 4.78 is 18.3. The summed E-state index contributed by atoms with van der Waals surface area (Å²) in [6.07, 6.45) is 2.25. The van der Waals surface area contributed by atoms with Crippen LogP contribution in [0.1, 0.15) is 11.9 Å². The quantitative estimate of drug-likeness (QED) is 0.359. The van der Waals surface area contributed by atoms with Crippen LogP contribution in [0.2, 0.25) is 0 Å². The Hall–Kier alpha value is -3.64. The molecule has 2 aromatic carbocycles. The third kappa shape index (κ3) is 3.77. The normalized spacial score (nSPS) is 12.1. The van der Waals surface area contributed by atoms with Gasteiger partial charge < -0.3 is 23.9 Å². The number of nitrogens with two attached hydrogens (primary N) is 1. The van der Waals surface area contributed by atoms with Crippen LogP contribution in [0, 0.1) is 11.3 Å². The third-order valence-electron chi connectivity index (χ3n) is 4.67. The van der Waals surface area contributed by atoms with E-state index < -0.39 is 6.35 Å². The first kappa shape index (κ1) is 19.7. The van der Waals surface area contributed by atoms with Crippen LogP contribution in [0.3, 0.4) is 0 Å². The van der Waals surface area contributed by atoms with Crippen LogP contribution >= 0.6 is 0 Å². The first-order chi connectivity index (χ1) is 14.6. The highest BCUT2D eigenvalue weighted by Gasteiger charge is 2.12. The molecule has 0 radical (unpaired) electrons. The van der Waals surface area contributed by atoms with E-state index in [1.165, 1.54) is 0 Å². The van der Waals surface area contributed by atoms with Crippen LogP contribution in [0.5, 0.6) is 17.2 Å². The van der Waals surface area contributed by atoms with Crippen molar-refractivity contribution in [3.05, 3.63) is 60.4 Å². The lowest BCUT2D eigenvalue weighted by Crippen LogP contribution is -2.16. The van der Waals surface area contributed by atoms with Crippen molar-refractivity contribution >= 4 is 21.8 Å². The lowest BCUT2D eigenvalue weighted by molar-refractivity contribution is 0.116. The Morgan fingerprint density at radius 3 is 2.80 bits per heavy atom. The maximum Gasteiger partial charge on any atom is 0.185 e. The first-order valence-corrected chi connectivity index (χ1v) is 9.27. The number of hydrogen-bond donors (Lipinski definition) is 2. The van der Waals surface area contributed by atoms with Gasteiger partial charge in [0.2, 0.25) is 0 Å². The van der Waals surface area contributed by atoms with E-state index >= 15 is 0 Å². The largest absolute Gasteiger partial charge is 0.490 e. The summed E-state index contributed by atoms with van der Waals surface area (Å²) in [6, 6.07) is 14.7. The molecular weight excluding hydrogens is 384 g/mol. The lowest BCUT2D eigenvalue weighted by atomic mass is 10.1. The summed E-state index contributed by atoms with van der Waals surface area (Å²) in [5.74, 6) is 1.63. The minimum Gasteiger partial charge on any atom is -0.490 e. The average Bonchev–Trinajstić information content (AvgIpc) is 3.17. The maximum atomic E-state index is 9.63. The van der Waals surface area contributed by atoms with Gasteiger partial charge in [-0.25, -0.2) is 0 Å².